The van der Waals surface area contributed by atoms with E-state index in [4.69, 9.17) is 13.9 Å². The van der Waals surface area contributed by atoms with Gasteiger partial charge in [0, 0.05) is 5.56 Å². The van der Waals surface area contributed by atoms with E-state index in [9.17, 15) is 9.90 Å². The second-order valence-corrected chi connectivity index (χ2v) is 9.75. The summed E-state index contributed by atoms with van der Waals surface area (Å²) in [6.45, 7) is 8.79. The van der Waals surface area contributed by atoms with Gasteiger partial charge in [-0.2, -0.15) is 0 Å². The number of benzene rings is 2. The molecule has 0 bridgehead atoms. The number of hydrogen-bond donors (Lipinski definition) is 1. The molecule has 0 saturated heterocycles. The highest BCUT2D eigenvalue weighted by atomic mass is 16.5. The number of nitrogens with zero attached hydrogens (tertiary/aromatic N) is 1. The summed E-state index contributed by atoms with van der Waals surface area (Å²) in [7, 11) is 0. The van der Waals surface area contributed by atoms with Crippen LogP contribution in [0.5, 0.6) is 0 Å². The molecule has 186 valence electrons. The molecule has 3 aromatic rings. The topological polar surface area (TPSA) is 81.8 Å². The van der Waals surface area contributed by atoms with Gasteiger partial charge >= 0.3 is 5.97 Å². The third-order valence-electron chi connectivity index (χ3n) is 6.80. The summed E-state index contributed by atoms with van der Waals surface area (Å²) < 4.78 is 18.3. The first kappa shape index (κ1) is 25.1. The van der Waals surface area contributed by atoms with Crippen molar-refractivity contribution in [3.05, 3.63) is 76.2 Å². The van der Waals surface area contributed by atoms with Crippen LogP contribution in [0.1, 0.15) is 84.0 Å². The largest absolute Gasteiger partial charge is 0.478 e. The maximum atomic E-state index is 11.6. The number of carboxylic acid groups (broad SMARTS) is 1. The third kappa shape index (κ3) is 6.19. The molecular weight excluding hydrogens is 442 g/mol. The Morgan fingerprint density at radius 3 is 2.40 bits per heavy atom. The number of aromatic nitrogens is 1. The molecule has 1 fully saturated rings. The van der Waals surface area contributed by atoms with Gasteiger partial charge in [-0.05, 0) is 74.3 Å². The van der Waals surface area contributed by atoms with Crippen LogP contribution >= 0.6 is 0 Å². The molecule has 0 radical (unpaired) electrons. The van der Waals surface area contributed by atoms with E-state index in [-0.39, 0.29) is 12.2 Å². The second-order valence-electron chi connectivity index (χ2n) is 9.75. The Bertz CT molecular complexity index is 1150. The van der Waals surface area contributed by atoms with Crippen LogP contribution in [-0.4, -0.2) is 28.3 Å². The molecule has 0 spiro atoms. The van der Waals surface area contributed by atoms with Crippen molar-refractivity contribution >= 4 is 5.97 Å². The summed E-state index contributed by atoms with van der Waals surface area (Å²) >= 11 is 0. The number of carboxylic acids is 1. The van der Waals surface area contributed by atoms with Crippen LogP contribution < -0.4 is 0 Å². The highest BCUT2D eigenvalue weighted by Crippen LogP contribution is 2.28. The lowest BCUT2D eigenvalue weighted by Crippen LogP contribution is -2.28. The van der Waals surface area contributed by atoms with E-state index in [2.05, 4.69) is 43.1 Å². The second kappa shape index (κ2) is 11.2. The van der Waals surface area contributed by atoms with Crippen LogP contribution in [0.15, 0.2) is 46.9 Å². The summed E-state index contributed by atoms with van der Waals surface area (Å²) in [4.78, 5) is 16.3. The molecule has 1 saturated carbocycles. The Balaban J connectivity index is 1.32. The molecular formula is C29H35NO5. The Labute approximate surface area is 207 Å². The fraction of sp³-hybridized carbons (Fsp3) is 0.448. The maximum Gasteiger partial charge on any atom is 0.336 e. The molecule has 0 aliphatic heterocycles. The zero-order chi connectivity index (χ0) is 24.9. The summed E-state index contributed by atoms with van der Waals surface area (Å²) in [6, 6.07) is 13.9. The van der Waals surface area contributed by atoms with E-state index in [0.29, 0.717) is 36.1 Å². The van der Waals surface area contributed by atoms with E-state index < -0.39 is 5.97 Å². The fourth-order valence-electron chi connectivity index (χ4n) is 4.66. The first-order valence-electron chi connectivity index (χ1n) is 12.4. The normalized spacial score (nSPS) is 18.2. The van der Waals surface area contributed by atoms with Gasteiger partial charge in [0.05, 0.1) is 31.0 Å². The minimum atomic E-state index is -0.912. The minimum Gasteiger partial charge on any atom is -0.478 e. The molecule has 1 aliphatic rings. The van der Waals surface area contributed by atoms with Crippen LogP contribution in [0, 0.1) is 13.8 Å². The van der Waals surface area contributed by atoms with Crippen LogP contribution in [0.25, 0.3) is 11.5 Å². The average molecular weight is 478 g/mol. The van der Waals surface area contributed by atoms with Gasteiger partial charge in [0.2, 0.25) is 5.89 Å². The number of aryl methyl sites for hydroxylation is 2. The fourth-order valence-corrected chi connectivity index (χ4v) is 4.66. The molecule has 1 aliphatic carbocycles. The molecule has 0 unspecified atom stereocenters. The van der Waals surface area contributed by atoms with Crippen molar-refractivity contribution in [2.75, 3.05) is 0 Å². The number of ether oxygens (including phenoxy) is 2. The highest BCUT2D eigenvalue weighted by Gasteiger charge is 2.25. The van der Waals surface area contributed by atoms with Crippen molar-refractivity contribution in [3.63, 3.8) is 0 Å². The van der Waals surface area contributed by atoms with Gasteiger partial charge in [0.1, 0.15) is 11.5 Å². The molecule has 1 aromatic heterocycles. The van der Waals surface area contributed by atoms with Gasteiger partial charge in [-0.25, -0.2) is 9.78 Å². The quantitative estimate of drug-likeness (QED) is 0.364. The first-order chi connectivity index (χ1) is 16.8. The first-order valence-corrected chi connectivity index (χ1v) is 12.4. The molecule has 1 heterocycles. The SMILES string of the molecule is Cc1cccc(CO[C@@H]2CCC[C@H](OCc3nc(-c4ccc(C(C)C)cc4)oc3C)C2)c1C(=O)O. The lowest BCUT2D eigenvalue weighted by Gasteiger charge is -2.29. The minimum absolute atomic E-state index is 0.0457. The summed E-state index contributed by atoms with van der Waals surface area (Å²) in [5.74, 6) is 0.967. The van der Waals surface area contributed by atoms with E-state index in [1.165, 1.54) is 5.56 Å². The standard InChI is InChI=1S/C29H35NO5/c1-18(2)21-11-13-22(14-12-21)28-30-26(20(4)35-28)17-34-25-10-6-9-24(15-25)33-16-23-8-5-7-19(3)27(23)29(31)32/h5,7-8,11-14,18,24-25H,6,9-10,15-17H2,1-4H3,(H,31,32)/t24-,25+/m1/s1. The van der Waals surface area contributed by atoms with Gasteiger partial charge in [-0.3, -0.25) is 0 Å². The predicted molar refractivity (Wildman–Crippen MR) is 135 cm³/mol. The molecule has 35 heavy (non-hydrogen) atoms. The maximum absolute atomic E-state index is 11.6. The number of rotatable bonds is 9. The third-order valence-corrected chi connectivity index (χ3v) is 6.80. The summed E-state index contributed by atoms with van der Waals surface area (Å²) in [5, 5.41) is 9.55. The lowest BCUT2D eigenvalue weighted by atomic mass is 9.94. The van der Waals surface area contributed by atoms with E-state index in [1.807, 2.05) is 32.0 Å². The van der Waals surface area contributed by atoms with Crippen molar-refractivity contribution in [2.45, 2.75) is 84.7 Å². The Morgan fingerprint density at radius 2 is 1.74 bits per heavy atom. The van der Waals surface area contributed by atoms with E-state index in [1.54, 1.807) is 0 Å². The summed E-state index contributed by atoms with van der Waals surface area (Å²) in [5.41, 5.74) is 4.88. The van der Waals surface area contributed by atoms with Gasteiger partial charge in [0.25, 0.3) is 0 Å². The molecule has 2 atom stereocenters. The van der Waals surface area contributed by atoms with Crippen LogP contribution in [0.3, 0.4) is 0 Å². The number of hydrogen-bond acceptors (Lipinski definition) is 5. The van der Waals surface area contributed by atoms with Crippen molar-refractivity contribution in [1.29, 1.82) is 0 Å². The molecule has 6 heteroatoms. The van der Waals surface area contributed by atoms with Crippen LogP contribution in [0.4, 0.5) is 0 Å². The Hall–Kier alpha value is -2.96. The van der Waals surface area contributed by atoms with Crippen molar-refractivity contribution in [1.82, 2.24) is 4.98 Å². The van der Waals surface area contributed by atoms with Crippen LogP contribution in [0.2, 0.25) is 0 Å². The predicted octanol–water partition coefficient (Wildman–Crippen LogP) is 6.82. The molecule has 6 nitrogen and oxygen atoms in total. The van der Waals surface area contributed by atoms with Gasteiger partial charge in [0.15, 0.2) is 0 Å². The number of oxazole rings is 1. The zero-order valence-corrected chi connectivity index (χ0v) is 21.0. The molecule has 2 aromatic carbocycles. The van der Waals surface area contributed by atoms with E-state index >= 15 is 0 Å². The number of carbonyl (C=O) groups is 1. The Morgan fingerprint density at radius 1 is 1.06 bits per heavy atom. The average Bonchev–Trinajstić information content (AvgIpc) is 3.22. The smallest absolute Gasteiger partial charge is 0.336 e. The Kier molecular flexibility index (Phi) is 8.04. The van der Waals surface area contributed by atoms with Crippen molar-refractivity contribution in [3.8, 4) is 11.5 Å². The lowest BCUT2D eigenvalue weighted by molar-refractivity contribution is -0.0564. The van der Waals surface area contributed by atoms with Gasteiger partial charge in [-0.1, -0.05) is 44.2 Å². The monoisotopic (exact) mass is 477 g/mol. The number of aromatic carboxylic acids is 1. The van der Waals surface area contributed by atoms with Crippen molar-refractivity contribution < 1.29 is 23.8 Å². The van der Waals surface area contributed by atoms with Gasteiger partial charge in [-0.15, -0.1) is 0 Å². The zero-order valence-electron chi connectivity index (χ0n) is 21.0. The summed E-state index contributed by atoms with van der Waals surface area (Å²) in [6.07, 6.45) is 3.85. The van der Waals surface area contributed by atoms with E-state index in [0.717, 1.165) is 48.3 Å². The molecule has 0 amide bonds. The van der Waals surface area contributed by atoms with Crippen LogP contribution in [-0.2, 0) is 22.7 Å². The highest BCUT2D eigenvalue weighted by molar-refractivity contribution is 5.91. The van der Waals surface area contributed by atoms with Crippen molar-refractivity contribution in [2.24, 2.45) is 0 Å². The molecule has 1 N–H and O–H groups in total. The van der Waals surface area contributed by atoms with Gasteiger partial charge < -0.3 is 19.0 Å². The molecule has 4 rings (SSSR count).